The van der Waals surface area contributed by atoms with Gasteiger partial charge < -0.3 is 5.73 Å². The highest BCUT2D eigenvalue weighted by Gasteiger charge is 2.04. The minimum atomic E-state index is 0.548. The summed E-state index contributed by atoms with van der Waals surface area (Å²) in [5, 5.41) is 0.623. The zero-order valence-corrected chi connectivity index (χ0v) is 11.4. The highest BCUT2D eigenvalue weighted by molar-refractivity contribution is 6.30. The lowest BCUT2D eigenvalue weighted by atomic mass is 9.99. The summed E-state index contributed by atoms with van der Waals surface area (Å²) in [4.78, 5) is 4.07. The van der Waals surface area contributed by atoms with Gasteiger partial charge in [0.15, 0.2) is 0 Å². The lowest BCUT2D eigenvalue weighted by Gasteiger charge is -2.08. The summed E-state index contributed by atoms with van der Waals surface area (Å²) in [5.74, 6) is 1.10. The van der Waals surface area contributed by atoms with Crippen LogP contribution in [0.5, 0.6) is 0 Å². The fourth-order valence-corrected chi connectivity index (χ4v) is 2.05. The molecule has 2 N–H and O–H groups in total. The van der Waals surface area contributed by atoms with Gasteiger partial charge in [-0.3, -0.25) is 0 Å². The van der Waals surface area contributed by atoms with E-state index in [4.69, 9.17) is 17.3 Å². The first kappa shape index (κ1) is 12.9. The predicted molar refractivity (Wildman–Crippen MR) is 77.0 cm³/mol. The van der Waals surface area contributed by atoms with Crippen LogP contribution < -0.4 is 5.73 Å². The molecule has 0 aliphatic heterocycles. The van der Waals surface area contributed by atoms with E-state index in [1.54, 1.807) is 6.20 Å². The molecule has 0 aliphatic rings. The van der Waals surface area contributed by atoms with E-state index >= 15 is 0 Å². The van der Waals surface area contributed by atoms with E-state index in [9.17, 15) is 0 Å². The van der Waals surface area contributed by atoms with Crippen LogP contribution in [0.15, 0.2) is 36.5 Å². The molecule has 0 radical (unpaired) electrons. The van der Waals surface area contributed by atoms with E-state index in [0.29, 0.717) is 16.8 Å². The Kier molecular flexibility index (Phi) is 3.87. The Hall–Kier alpha value is -1.54. The molecule has 0 amide bonds. The molecule has 1 heterocycles. The largest absolute Gasteiger partial charge is 0.383 e. The SMILES string of the molecule is CC(C)c1ccc(Cc2cc(Cl)cnc2N)cc1. The summed E-state index contributed by atoms with van der Waals surface area (Å²) < 4.78 is 0. The van der Waals surface area contributed by atoms with E-state index in [1.807, 2.05) is 6.07 Å². The van der Waals surface area contributed by atoms with E-state index in [-0.39, 0.29) is 0 Å². The number of aromatic nitrogens is 1. The van der Waals surface area contributed by atoms with E-state index in [0.717, 1.165) is 12.0 Å². The van der Waals surface area contributed by atoms with Crippen molar-refractivity contribution in [1.29, 1.82) is 0 Å². The van der Waals surface area contributed by atoms with Gasteiger partial charge in [-0.05, 0) is 23.1 Å². The molecule has 0 aliphatic carbocycles. The van der Waals surface area contributed by atoms with Gasteiger partial charge in [0.2, 0.25) is 0 Å². The molecule has 0 unspecified atom stereocenters. The number of nitrogens with two attached hydrogens (primary N) is 1. The number of hydrogen-bond acceptors (Lipinski definition) is 2. The zero-order chi connectivity index (χ0) is 13.1. The van der Waals surface area contributed by atoms with Crippen molar-refractivity contribution >= 4 is 17.4 Å². The molecule has 3 heteroatoms. The molecule has 0 bridgehead atoms. The molecule has 1 aromatic heterocycles. The first-order chi connectivity index (χ1) is 8.56. The molecule has 1 aromatic carbocycles. The third kappa shape index (κ3) is 3.02. The number of nitrogen functional groups attached to an aromatic ring is 1. The van der Waals surface area contributed by atoms with Gasteiger partial charge in [-0.25, -0.2) is 4.98 Å². The summed E-state index contributed by atoms with van der Waals surface area (Å²) in [6.07, 6.45) is 2.33. The van der Waals surface area contributed by atoms with Crippen molar-refractivity contribution in [2.24, 2.45) is 0 Å². The number of benzene rings is 1. The molecule has 94 valence electrons. The molecule has 2 rings (SSSR count). The Morgan fingerprint density at radius 3 is 2.50 bits per heavy atom. The zero-order valence-electron chi connectivity index (χ0n) is 10.7. The lowest BCUT2D eigenvalue weighted by molar-refractivity contribution is 0.865. The fourth-order valence-electron chi connectivity index (χ4n) is 1.87. The van der Waals surface area contributed by atoms with Crippen LogP contribution in [-0.2, 0) is 6.42 Å². The Bertz CT molecular complexity index is 533. The standard InChI is InChI=1S/C15H17ClN2/c1-10(2)12-5-3-11(4-6-12)7-13-8-14(16)9-18-15(13)17/h3-6,8-10H,7H2,1-2H3,(H2,17,18). The maximum atomic E-state index is 5.93. The number of anilines is 1. The molecule has 0 saturated carbocycles. The maximum absolute atomic E-state index is 5.93. The smallest absolute Gasteiger partial charge is 0.126 e. The number of nitrogens with zero attached hydrogens (tertiary/aromatic N) is 1. The normalized spacial score (nSPS) is 10.9. The van der Waals surface area contributed by atoms with Gasteiger partial charge in [0.25, 0.3) is 0 Å². The van der Waals surface area contributed by atoms with E-state index < -0.39 is 0 Å². The van der Waals surface area contributed by atoms with Gasteiger partial charge >= 0.3 is 0 Å². The Labute approximate surface area is 113 Å². The van der Waals surface area contributed by atoms with Gasteiger partial charge in [-0.15, -0.1) is 0 Å². The van der Waals surface area contributed by atoms with Crippen LogP contribution in [0.3, 0.4) is 0 Å². The predicted octanol–water partition coefficient (Wildman–Crippen LogP) is 4.03. The second kappa shape index (κ2) is 5.40. The lowest BCUT2D eigenvalue weighted by Crippen LogP contribution is -1.99. The van der Waals surface area contributed by atoms with Crippen LogP contribution in [0.25, 0.3) is 0 Å². The molecule has 18 heavy (non-hydrogen) atoms. The minimum absolute atomic E-state index is 0.548. The number of pyridine rings is 1. The number of halogens is 1. The molecule has 2 nitrogen and oxygen atoms in total. The summed E-state index contributed by atoms with van der Waals surface area (Å²) in [6.45, 7) is 4.38. The number of rotatable bonds is 3. The van der Waals surface area contributed by atoms with Crippen LogP contribution in [-0.4, -0.2) is 4.98 Å². The average Bonchev–Trinajstić information content (AvgIpc) is 2.34. The van der Waals surface area contributed by atoms with Crippen molar-refractivity contribution in [2.45, 2.75) is 26.2 Å². The van der Waals surface area contributed by atoms with Crippen molar-refractivity contribution in [2.75, 3.05) is 5.73 Å². The van der Waals surface area contributed by atoms with Gasteiger partial charge in [0, 0.05) is 18.2 Å². The van der Waals surface area contributed by atoms with Crippen LogP contribution in [0.1, 0.15) is 36.5 Å². The van der Waals surface area contributed by atoms with Crippen molar-refractivity contribution in [3.8, 4) is 0 Å². The van der Waals surface area contributed by atoms with Crippen LogP contribution in [0.4, 0.5) is 5.82 Å². The van der Waals surface area contributed by atoms with Gasteiger partial charge in [-0.1, -0.05) is 49.7 Å². The topological polar surface area (TPSA) is 38.9 Å². The summed E-state index contributed by atoms with van der Waals surface area (Å²) in [7, 11) is 0. The second-order valence-electron chi connectivity index (χ2n) is 4.77. The molecule has 0 fully saturated rings. The third-order valence-corrected chi connectivity index (χ3v) is 3.22. The molecule has 0 saturated heterocycles. The quantitative estimate of drug-likeness (QED) is 0.905. The van der Waals surface area contributed by atoms with Crippen molar-refractivity contribution in [3.05, 3.63) is 58.2 Å². The Balaban J connectivity index is 2.21. The van der Waals surface area contributed by atoms with Crippen molar-refractivity contribution in [1.82, 2.24) is 4.98 Å². The molecular weight excluding hydrogens is 244 g/mol. The third-order valence-electron chi connectivity index (χ3n) is 3.01. The summed E-state index contributed by atoms with van der Waals surface area (Å²) >= 11 is 5.93. The summed E-state index contributed by atoms with van der Waals surface area (Å²) in [5.41, 5.74) is 9.38. The van der Waals surface area contributed by atoms with Crippen molar-refractivity contribution in [3.63, 3.8) is 0 Å². The summed E-state index contributed by atoms with van der Waals surface area (Å²) in [6, 6.07) is 10.5. The maximum Gasteiger partial charge on any atom is 0.126 e. The van der Waals surface area contributed by atoms with Gasteiger partial charge in [-0.2, -0.15) is 0 Å². The van der Waals surface area contributed by atoms with Gasteiger partial charge in [0.1, 0.15) is 5.82 Å². The molecular formula is C15H17ClN2. The highest BCUT2D eigenvalue weighted by Crippen LogP contribution is 2.20. The Morgan fingerprint density at radius 2 is 1.89 bits per heavy atom. The van der Waals surface area contributed by atoms with Gasteiger partial charge in [0.05, 0.1) is 5.02 Å². The first-order valence-corrected chi connectivity index (χ1v) is 6.43. The molecule has 2 aromatic rings. The average molecular weight is 261 g/mol. The fraction of sp³-hybridized carbons (Fsp3) is 0.267. The highest BCUT2D eigenvalue weighted by atomic mass is 35.5. The van der Waals surface area contributed by atoms with Crippen LogP contribution >= 0.6 is 11.6 Å². The monoisotopic (exact) mass is 260 g/mol. The Morgan fingerprint density at radius 1 is 1.22 bits per heavy atom. The molecule has 0 atom stereocenters. The van der Waals surface area contributed by atoms with Crippen LogP contribution in [0.2, 0.25) is 5.02 Å². The second-order valence-corrected chi connectivity index (χ2v) is 5.21. The minimum Gasteiger partial charge on any atom is -0.383 e. The van der Waals surface area contributed by atoms with Crippen LogP contribution in [0, 0.1) is 0 Å². The van der Waals surface area contributed by atoms with E-state index in [2.05, 4.69) is 43.1 Å². The van der Waals surface area contributed by atoms with Crippen molar-refractivity contribution < 1.29 is 0 Å². The number of hydrogen-bond donors (Lipinski definition) is 1. The van der Waals surface area contributed by atoms with E-state index in [1.165, 1.54) is 11.1 Å². The first-order valence-electron chi connectivity index (χ1n) is 6.05. The molecule has 0 spiro atoms.